The fourth-order valence-corrected chi connectivity index (χ4v) is 2.69. The molecule has 1 amide bonds. The zero-order chi connectivity index (χ0) is 13.8. The lowest BCUT2D eigenvalue weighted by Gasteiger charge is -2.39. The van der Waals surface area contributed by atoms with Crippen molar-refractivity contribution < 1.29 is 14.2 Å². The van der Waals surface area contributed by atoms with E-state index in [0.717, 1.165) is 6.42 Å². The average molecular weight is 275 g/mol. The molecule has 0 saturated heterocycles. The van der Waals surface area contributed by atoms with E-state index in [1.165, 1.54) is 0 Å². The molecule has 1 saturated carbocycles. The maximum Gasteiger partial charge on any atom is 0.234 e. The highest BCUT2D eigenvalue weighted by atomic mass is 32.2. The Labute approximate surface area is 109 Å². The van der Waals surface area contributed by atoms with Crippen LogP contribution in [0.3, 0.4) is 0 Å². The Morgan fingerprint density at radius 3 is 2.61 bits per heavy atom. The Balaban J connectivity index is 2.56. The largest absolute Gasteiger partial charge is 0.409 e. The minimum absolute atomic E-state index is 0.0162. The monoisotopic (exact) mass is 275 g/mol. The van der Waals surface area contributed by atoms with Gasteiger partial charge in [0.25, 0.3) is 0 Å². The van der Waals surface area contributed by atoms with Crippen LogP contribution in [-0.2, 0) is 15.6 Å². The molecule has 104 valence electrons. The van der Waals surface area contributed by atoms with Crippen LogP contribution < -0.4 is 11.1 Å². The lowest BCUT2D eigenvalue weighted by atomic mass is 9.67. The van der Waals surface area contributed by atoms with Gasteiger partial charge in [-0.1, -0.05) is 11.6 Å². The predicted molar refractivity (Wildman–Crippen MR) is 70.8 cm³/mol. The van der Waals surface area contributed by atoms with Gasteiger partial charge in [-0.25, -0.2) is 0 Å². The maximum absolute atomic E-state index is 12.1. The number of oxime groups is 1. The van der Waals surface area contributed by atoms with Gasteiger partial charge in [-0.2, -0.15) is 0 Å². The summed E-state index contributed by atoms with van der Waals surface area (Å²) in [6, 6.07) is -0.0645. The lowest BCUT2D eigenvalue weighted by molar-refractivity contribution is -0.131. The zero-order valence-electron chi connectivity index (χ0n) is 10.8. The Kier molecular flexibility index (Phi) is 5.13. The van der Waals surface area contributed by atoms with E-state index in [-0.39, 0.29) is 17.8 Å². The van der Waals surface area contributed by atoms with Crippen LogP contribution >= 0.6 is 0 Å². The molecule has 6 nitrogen and oxygen atoms in total. The first kappa shape index (κ1) is 14.9. The molecular weight excluding hydrogens is 254 g/mol. The minimum atomic E-state index is -0.860. The van der Waals surface area contributed by atoms with Gasteiger partial charge in [-0.05, 0) is 26.2 Å². The van der Waals surface area contributed by atoms with Gasteiger partial charge < -0.3 is 16.3 Å². The van der Waals surface area contributed by atoms with Crippen molar-refractivity contribution in [1.82, 2.24) is 5.32 Å². The molecule has 0 spiro atoms. The van der Waals surface area contributed by atoms with Gasteiger partial charge in [0.15, 0.2) is 5.84 Å². The summed E-state index contributed by atoms with van der Waals surface area (Å²) in [4.78, 5) is 12.1. The average Bonchev–Trinajstić information content (AvgIpc) is 2.24. The minimum Gasteiger partial charge on any atom is -0.409 e. The normalized spacial score (nSPS) is 21.8. The quantitative estimate of drug-likeness (QED) is 0.278. The van der Waals surface area contributed by atoms with E-state index in [9.17, 15) is 9.00 Å². The number of nitrogens with one attached hydrogen (secondary N) is 1. The van der Waals surface area contributed by atoms with Crippen molar-refractivity contribution >= 4 is 22.5 Å². The molecule has 1 fully saturated rings. The van der Waals surface area contributed by atoms with Crippen LogP contribution in [0.2, 0.25) is 0 Å². The van der Waals surface area contributed by atoms with Crippen molar-refractivity contribution in [2.45, 2.75) is 38.6 Å². The van der Waals surface area contributed by atoms with Gasteiger partial charge in [0.1, 0.15) is 5.41 Å². The SMILES string of the molecule is CC(CCS(C)=O)NC(=O)C1(C(N)=NO)CCC1. The number of nitrogens with two attached hydrogens (primary N) is 1. The van der Waals surface area contributed by atoms with Crippen LogP contribution in [0.25, 0.3) is 0 Å². The van der Waals surface area contributed by atoms with E-state index in [2.05, 4.69) is 10.5 Å². The molecule has 1 aliphatic rings. The fourth-order valence-electron chi connectivity index (χ4n) is 2.00. The highest BCUT2D eigenvalue weighted by molar-refractivity contribution is 7.84. The van der Waals surface area contributed by atoms with E-state index in [0.29, 0.717) is 25.0 Å². The predicted octanol–water partition coefficient (Wildman–Crippen LogP) is 0.176. The van der Waals surface area contributed by atoms with Crippen molar-refractivity contribution in [2.24, 2.45) is 16.3 Å². The number of carbonyl (C=O) groups excluding carboxylic acids is 1. The lowest BCUT2D eigenvalue weighted by Crippen LogP contribution is -2.55. The molecule has 1 aliphatic carbocycles. The summed E-state index contributed by atoms with van der Waals surface area (Å²) in [6.07, 6.45) is 4.42. The maximum atomic E-state index is 12.1. The first-order valence-electron chi connectivity index (χ1n) is 6.01. The third kappa shape index (κ3) is 3.22. The van der Waals surface area contributed by atoms with Gasteiger partial charge in [0, 0.05) is 28.9 Å². The van der Waals surface area contributed by atoms with Gasteiger partial charge >= 0.3 is 0 Å². The van der Waals surface area contributed by atoms with Crippen molar-refractivity contribution in [3.63, 3.8) is 0 Å². The Morgan fingerprint density at radius 2 is 2.22 bits per heavy atom. The van der Waals surface area contributed by atoms with E-state index >= 15 is 0 Å². The van der Waals surface area contributed by atoms with Crippen molar-refractivity contribution in [3.8, 4) is 0 Å². The molecular formula is C11H21N3O3S. The van der Waals surface area contributed by atoms with Crippen molar-refractivity contribution in [2.75, 3.05) is 12.0 Å². The van der Waals surface area contributed by atoms with Gasteiger partial charge in [0.2, 0.25) is 5.91 Å². The summed E-state index contributed by atoms with van der Waals surface area (Å²) in [7, 11) is -0.860. The van der Waals surface area contributed by atoms with Crippen molar-refractivity contribution in [3.05, 3.63) is 0 Å². The fraction of sp³-hybridized carbons (Fsp3) is 0.818. The molecule has 0 heterocycles. The molecule has 2 atom stereocenters. The van der Waals surface area contributed by atoms with Crippen molar-refractivity contribution in [1.29, 1.82) is 0 Å². The Hall–Kier alpha value is -1.11. The van der Waals surface area contributed by atoms with Crippen LogP contribution in [0.15, 0.2) is 5.16 Å². The van der Waals surface area contributed by atoms with E-state index in [1.54, 1.807) is 6.26 Å². The van der Waals surface area contributed by atoms with Crippen LogP contribution in [0.5, 0.6) is 0 Å². The summed E-state index contributed by atoms with van der Waals surface area (Å²) in [6.45, 7) is 1.86. The summed E-state index contributed by atoms with van der Waals surface area (Å²) < 4.78 is 11.0. The summed E-state index contributed by atoms with van der Waals surface area (Å²) in [5, 5.41) is 14.6. The Morgan fingerprint density at radius 1 is 1.61 bits per heavy atom. The van der Waals surface area contributed by atoms with Crippen LogP contribution in [0.1, 0.15) is 32.6 Å². The molecule has 0 aliphatic heterocycles. The van der Waals surface area contributed by atoms with Gasteiger partial charge in [0.05, 0.1) is 0 Å². The topological polar surface area (TPSA) is 105 Å². The number of rotatable bonds is 6. The Bertz CT molecular complexity index is 367. The van der Waals surface area contributed by atoms with Gasteiger partial charge in [-0.15, -0.1) is 0 Å². The summed E-state index contributed by atoms with van der Waals surface area (Å²) in [5.41, 5.74) is 4.76. The number of amides is 1. The summed E-state index contributed by atoms with van der Waals surface area (Å²) in [5.74, 6) is 0.342. The zero-order valence-corrected chi connectivity index (χ0v) is 11.6. The van der Waals surface area contributed by atoms with Gasteiger partial charge in [-0.3, -0.25) is 9.00 Å². The third-order valence-corrected chi connectivity index (χ3v) is 4.27. The molecule has 0 aromatic heterocycles. The van der Waals surface area contributed by atoms with E-state index in [4.69, 9.17) is 10.9 Å². The second-order valence-electron chi connectivity index (χ2n) is 4.86. The number of hydrogen-bond acceptors (Lipinski definition) is 4. The molecule has 2 unspecified atom stereocenters. The third-order valence-electron chi connectivity index (χ3n) is 3.46. The number of carbonyl (C=O) groups is 1. The second-order valence-corrected chi connectivity index (χ2v) is 6.42. The molecule has 0 radical (unpaired) electrons. The highest BCUT2D eigenvalue weighted by Crippen LogP contribution is 2.41. The first-order valence-corrected chi connectivity index (χ1v) is 7.74. The van der Waals surface area contributed by atoms with Crippen LogP contribution in [-0.4, -0.2) is 39.2 Å². The van der Waals surface area contributed by atoms with Crippen LogP contribution in [0.4, 0.5) is 0 Å². The first-order chi connectivity index (χ1) is 8.42. The smallest absolute Gasteiger partial charge is 0.234 e. The molecule has 0 aromatic carbocycles. The summed E-state index contributed by atoms with van der Waals surface area (Å²) >= 11 is 0. The molecule has 7 heteroatoms. The van der Waals surface area contributed by atoms with E-state index < -0.39 is 16.2 Å². The molecule has 0 aromatic rings. The molecule has 18 heavy (non-hydrogen) atoms. The van der Waals surface area contributed by atoms with Crippen LogP contribution in [0, 0.1) is 5.41 Å². The number of amidine groups is 1. The molecule has 0 bridgehead atoms. The molecule has 1 rings (SSSR count). The second kappa shape index (κ2) is 6.17. The standard InChI is InChI=1S/C11H21N3O3S/c1-8(4-7-18(2)17)13-10(15)11(5-3-6-11)9(12)14-16/h8,16H,3-7H2,1-2H3,(H2,12,14)(H,13,15). The highest BCUT2D eigenvalue weighted by Gasteiger charge is 2.48. The molecule has 4 N–H and O–H groups in total. The van der Waals surface area contributed by atoms with E-state index in [1.807, 2.05) is 6.92 Å². The number of nitrogens with zero attached hydrogens (tertiary/aromatic N) is 1. The number of hydrogen-bond donors (Lipinski definition) is 3.